The highest BCUT2D eigenvalue weighted by Gasteiger charge is 2.14. The molecule has 1 saturated heterocycles. The van der Waals surface area contributed by atoms with Crippen molar-refractivity contribution >= 4 is 6.03 Å². The van der Waals surface area contributed by atoms with Gasteiger partial charge in [-0.25, -0.2) is 4.79 Å². The van der Waals surface area contributed by atoms with Gasteiger partial charge in [0.25, 0.3) is 0 Å². The maximum atomic E-state index is 11.7. The van der Waals surface area contributed by atoms with Gasteiger partial charge < -0.3 is 15.5 Å². The molecule has 1 fully saturated rings. The fourth-order valence-corrected chi connectivity index (χ4v) is 2.68. The van der Waals surface area contributed by atoms with Crippen LogP contribution in [-0.4, -0.2) is 42.1 Å². The fourth-order valence-electron chi connectivity index (χ4n) is 2.68. The smallest absolute Gasteiger partial charge is 0.315 e. The highest BCUT2D eigenvalue weighted by atomic mass is 16.2. The van der Waals surface area contributed by atoms with E-state index in [4.69, 9.17) is 0 Å². The molecule has 5 heteroatoms. The summed E-state index contributed by atoms with van der Waals surface area (Å²) in [5.41, 5.74) is 0.872. The van der Waals surface area contributed by atoms with Crippen LogP contribution in [0.15, 0.2) is 24.4 Å². The molecule has 1 aromatic rings. The van der Waals surface area contributed by atoms with Crippen LogP contribution in [0.2, 0.25) is 0 Å². The molecule has 0 saturated carbocycles. The van der Waals surface area contributed by atoms with Gasteiger partial charge in [0.2, 0.25) is 0 Å². The van der Waals surface area contributed by atoms with Gasteiger partial charge in [0.1, 0.15) is 0 Å². The van der Waals surface area contributed by atoms with Gasteiger partial charge in [0, 0.05) is 12.7 Å². The first-order valence-corrected chi connectivity index (χ1v) is 8.38. The van der Waals surface area contributed by atoms with Gasteiger partial charge in [-0.1, -0.05) is 13.0 Å². The SMILES string of the molecule is CC1CCN(CCCCNC(=O)NCc2ccccn2)CC1. The van der Waals surface area contributed by atoms with E-state index in [1.54, 1.807) is 6.20 Å². The Morgan fingerprint density at radius 1 is 1.27 bits per heavy atom. The molecule has 0 atom stereocenters. The van der Waals surface area contributed by atoms with E-state index in [-0.39, 0.29) is 6.03 Å². The summed E-state index contributed by atoms with van der Waals surface area (Å²) in [4.78, 5) is 18.4. The molecule has 2 rings (SSSR count). The summed E-state index contributed by atoms with van der Waals surface area (Å²) in [7, 11) is 0. The van der Waals surface area contributed by atoms with Crippen molar-refractivity contribution in [2.75, 3.05) is 26.2 Å². The lowest BCUT2D eigenvalue weighted by molar-refractivity contribution is 0.189. The highest BCUT2D eigenvalue weighted by Crippen LogP contribution is 2.15. The number of nitrogens with zero attached hydrogens (tertiary/aromatic N) is 2. The molecule has 0 aliphatic carbocycles. The third-order valence-corrected chi connectivity index (χ3v) is 4.22. The maximum Gasteiger partial charge on any atom is 0.315 e. The zero-order chi connectivity index (χ0) is 15.6. The number of aromatic nitrogens is 1. The minimum absolute atomic E-state index is 0.113. The molecule has 0 radical (unpaired) electrons. The molecule has 0 unspecified atom stereocenters. The number of rotatable bonds is 7. The number of unbranched alkanes of at least 4 members (excludes halogenated alkanes) is 1. The van der Waals surface area contributed by atoms with E-state index in [0.29, 0.717) is 6.54 Å². The van der Waals surface area contributed by atoms with Crippen LogP contribution in [0.1, 0.15) is 38.3 Å². The minimum Gasteiger partial charge on any atom is -0.338 e. The third-order valence-electron chi connectivity index (χ3n) is 4.22. The zero-order valence-electron chi connectivity index (χ0n) is 13.6. The molecule has 2 N–H and O–H groups in total. The first-order chi connectivity index (χ1) is 10.7. The van der Waals surface area contributed by atoms with Gasteiger partial charge in [-0.15, -0.1) is 0 Å². The molecular weight excluding hydrogens is 276 g/mol. The number of pyridine rings is 1. The van der Waals surface area contributed by atoms with Crippen LogP contribution in [-0.2, 0) is 6.54 Å². The number of urea groups is 1. The number of likely N-dealkylation sites (tertiary alicyclic amines) is 1. The Kier molecular flexibility index (Phi) is 7.16. The lowest BCUT2D eigenvalue weighted by atomic mass is 9.99. The van der Waals surface area contributed by atoms with E-state index < -0.39 is 0 Å². The van der Waals surface area contributed by atoms with Gasteiger partial charge in [-0.2, -0.15) is 0 Å². The zero-order valence-corrected chi connectivity index (χ0v) is 13.6. The van der Waals surface area contributed by atoms with Gasteiger partial charge in [-0.3, -0.25) is 4.98 Å². The van der Waals surface area contributed by atoms with Gasteiger partial charge in [0.15, 0.2) is 0 Å². The van der Waals surface area contributed by atoms with Crippen LogP contribution in [0.4, 0.5) is 4.79 Å². The average molecular weight is 304 g/mol. The molecule has 22 heavy (non-hydrogen) atoms. The van der Waals surface area contributed by atoms with Gasteiger partial charge >= 0.3 is 6.03 Å². The topological polar surface area (TPSA) is 57.3 Å². The van der Waals surface area contributed by atoms with Crippen molar-refractivity contribution in [1.82, 2.24) is 20.5 Å². The lowest BCUT2D eigenvalue weighted by Crippen LogP contribution is -2.36. The van der Waals surface area contributed by atoms with Crippen LogP contribution >= 0.6 is 0 Å². The second-order valence-corrected chi connectivity index (χ2v) is 6.16. The van der Waals surface area contributed by atoms with Crippen LogP contribution in [0.3, 0.4) is 0 Å². The standard InChI is InChI=1S/C17H28N4O/c1-15-7-12-21(13-8-15)11-5-4-10-19-17(22)20-14-16-6-2-3-9-18-16/h2-3,6,9,15H,4-5,7-8,10-14H2,1H3,(H2,19,20,22). The summed E-state index contributed by atoms with van der Waals surface area (Å²) < 4.78 is 0. The van der Waals surface area contributed by atoms with Crippen molar-refractivity contribution in [3.8, 4) is 0 Å². The lowest BCUT2D eigenvalue weighted by Gasteiger charge is -2.30. The molecule has 122 valence electrons. The average Bonchev–Trinajstić information content (AvgIpc) is 2.55. The summed E-state index contributed by atoms with van der Waals surface area (Å²) in [6.07, 6.45) is 6.57. The Balaban J connectivity index is 1.47. The first kappa shape index (κ1) is 16.7. The molecule has 1 aliphatic rings. The van der Waals surface area contributed by atoms with Crippen molar-refractivity contribution in [1.29, 1.82) is 0 Å². The maximum absolute atomic E-state index is 11.7. The second kappa shape index (κ2) is 9.41. The molecule has 1 aromatic heterocycles. The molecule has 1 aliphatic heterocycles. The van der Waals surface area contributed by atoms with Crippen molar-refractivity contribution in [3.63, 3.8) is 0 Å². The summed E-state index contributed by atoms with van der Waals surface area (Å²) >= 11 is 0. The summed E-state index contributed by atoms with van der Waals surface area (Å²) in [6.45, 7) is 7.17. The number of hydrogen-bond donors (Lipinski definition) is 2. The van der Waals surface area contributed by atoms with Crippen molar-refractivity contribution in [2.45, 2.75) is 39.2 Å². The largest absolute Gasteiger partial charge is 0.338 e. The van der Waals surface area contributed by atoms with Crippen molar-refractivity contribution in [2.24, 2.45) is 5.92 Å². The first-order valence-electron chi connectivity index (χ1n) is 8.38. The molecular formula is C17H28N4O. The van der Waals surface area contributed by atoms with Crippen molar-refractivity contribution < 1.29 is 4.79 Å². The molecule has 5 nitrogen and oxygen atoms in total. The molecule has 2 heterocycles. The molecule has 0 bridgehead atoms. The van der Waals surface area contributed by atoms with E-state index in [1.807, 2.05) is 18.2 Å². The normalized spacial score (nSPS) is 16.4. The monoisotopic (exact) mass is 304 g/mol. The van der Waals surface area contributed by atoms with Gasteiger partial charge in [0.05, 0.1) is 12.2 Å². The quantitative estimate of drug-likeness (QED) is 0.761. The van der Waals surface area contributed by atoms with Crippen LogP contribution in [0.25, 0.3) is 0 Å². The Hall–Kier alpha value is -1.62. The summed E-state index contributed by atoms with van der Waals surface area (Å²) in [5, 5.41) is 5.72. The Morgan fingerprint density at radius 3 is 2.82 bits per heavy atom. The number of carbonyl (C=O) groups excluding carboxylic acids is 1. The predicted octanol–water partition coefficient (Wildman–Crippen LogP) is 2.39. The highest BCUT2D eigenvalue weighted by molar-refractivity contribution is 5.73. The third kappa shape index (κ3) is 6.43. The molecule has 2 amide bonds. The Bertz CT molecular complexity index is 430. The molecule has 0 spiro atoms. The van der Waals surface area contributed by atoms with Crippen LogP contribution in [0.5, 0.6) is 0 Å². The summed E-state index contributed by atoms with van der Waals surface area (Å²) in [6, 6.07) is 5.58. The predicted molar refractivity (Wildman–Crippen MR) is 88.5 cm³/mol. The van der Waals surface area contributed by atoms with E-state index in [2.05, 4.69) is 27.4 Å². The summed E-state index contributed by atoms with van der Waals surface area (Å²) in [5.74, 6) is 0.890. The second-order valence-electron chi connectivity index (χ2n) is 6.16. The van der Waals surface area contributed by atoms with Gasteiger partial charge in [-0.05, 0) is 63.4 Å². The number of hydrogen-bond acceptors (Lipinski definition) is 3. The number of amides is 2. The number of nitrogens with one attached hydrogen (secondary N) is 2. The Morgan fingerprint density at radius 2 is 2.09 bits per heavy atom. The van der Waals surface area contributed by atoms with E-state index >= 15 is 0 Å². The van der Waals surface area contributed by atoms with Crippen LogP contribution in [0, 0.1) is 5.92 Å². The van der Waals surface area contributed by atoms with Crippen molar-refractivity contribution in [3.05, 3.63) is 30.1 Å². The number of carbonyl (C=O) groups is 1. The minimum atomic E-state index is -0.113. The van der Waals surface area contributed by atoms with E-state index in [0.717, 1.165) is 37.5 Å². The van der Waals surface area contributed by atoms with E-state index in [9.17, 15) is 4.79 Å². The number of piperidine rings is 1. The molecule has 0 aromatic carbocycles. The fraction of sp³-hybridized carbons (Fsp3) is 0.647. The Labute approximate surface area is 133 Å². The van der Waals surface area contributed by atoms with Crippen LogP contribution < -0.4 is 10.6 Å². The van der Waals surface area contributed by atoms with E-state index in [1.165, 1.54) is 25.9 Å².